The van der Waals surface area contributed by atoms with E-state index < -0.39 is 5.97 Å². The van der Waals surface area contributed by atoms with Crippen molar-refractivity contribution in [3.8, 4) is 0 Å². The molecule has 166 valence electrons. The number of hydrogen-bond donors (Lipinski definition) is 3. The Morgan fingerprint density at radius 2 is 1.52 bits per heavy atom. The van der Waals surface area contributed by atoms with Crippen LogP contribution in [0.25, 0.3) is 0 Å². The standard InChI is InChI=1S/C25H33N3O3/c26-25(27)21-16-14-20(15-17-21)11-5-7-13-23(29)28-22(18-24(30)31)12-6-4-10-19-8-2-1-3-9-19/h1-3,8-9,14-17,22H,4-7,10-13,18H2,(H3,26,27)(H,28,29)(H,30,31)/p-1. The van der Waals surface area contributed by atoms with Crippen molar-refractivity contribution in [2.45, 2.75) is 63.8 Å². The number of rotatable bonds is 14. The number of nitrogen functional groups attached to an aromatic ring is 1. The molecule has 0 bridgehead atoms. The van der Waals surface area contributed by atoms with Crippen LogP contribution in [0.1, 0.15) is 61.6 Å². The first-order valence-corrected chi connectivity index (χ1v) is 10.9. The SMILES string of the molecule is N=C(N)c1ccc(CCCCC(=O)NC(CCCCc2ccccc2)CC(=O)[O-])cc1. The van der Waals surface area contributed by atoms with Crippen molar-refractivity contribution in [2.24, 2.45) is 5.73 Å². The molecule has 0 heterocycles. The minimum absolute atomic E-state index is 0.0504. The zero-order valence-corrected chi connectivity index (χ0v) is 17.9. The van der Waals surface area contributed by atoms with Gasteiger partial charge in [-0.25, -0.2) is 0 Å². The number of carboxylic acid groups (broad SMARTS) is 1. The third kappa shape index (κ3) is 9.94. The quantitative estimate of drug-likeness (QED) is 0.246. The molecular formula is C25H32N3O3-. The molecule has 0 radical (unpaired) electrons. The van der Waals surface area contributed by atoms with E-state index in [0.29, 0.717) is 18.4 Å². The average molecular weight is 423 g/mol. The third-order valence-corrected chi connectivity index (χ3v) is 5.27. The van der Waals surface area contributed by atoms with E-state index >= 15 is 0 Å². The Kier molecular flexibility index (Phi) is 10.3. The molecule has 1 atom stereocenters. The first-order chi connectivity index (χ1) is 14.9. The summed E-state index contributed by atoms with van der Waals surface area (Å²) in [5.41, 5.74) is 8.55. The van der Waals surface area contributed by atoms with Crippen molar-refractivity contribution >= 4 is 17.7 Å². The molecule has 0 aliphatic heterocycles. The number of carbonyl (C=O) groups is 2. The number of carbonyl (C=O) groups excluding carboxylic acids is 2. The van der Waals surface area contributed by atoms with Crippen molar-refractivity contribution in [2.75, 3.05) is 0 Å². The molecule has 6 nitrogen and oxygen atoms in total. The summed E-state index contributed by atoms with van der Waals surface area (Å²) in [7, 11) is 0. The number of unbranched alkanes of at least 4 members (excludes halogenated alkanes) is 2. The molecule has 6 heteroatoms. The Hall–Kier alpha value is -3.15. The minimum atomic E-state index is -1.14. The van der Waals surface area contributed by atoms with Crippen LogP contribution in [0.3, 0.4) is 0 Å². The lowest BCUT2D eigenvalue weighted by molar-refractivity contribution is -0.306. The molecule has 0 saturated heterocycles. The van der Waals surface area contributed by atoms with Gasteiger partial charge in [-0.15, -0.1) is 0 Å². The van der Waals surface area contributed by atoms with Gasteiger partial charge in [-0.1, -0.05) is 61.0 Å². The Morgan fingerprint density at radius 1 is 0.903 bits per heavy atom. The number of nitrogens with two attached hydrogens (primary N) is 1. The van der Waals surface area contributed by atoms with Crippen LogP contribution in [0.2, 0.25) is 0 Å². The maximum atomic E-state index is 12.3. The van der Waals surface area contributed by atoms with Gasteiger partial charge >= 0.3 is 0 Å². The molecule has 2 aromatic rings. The van der Waals surface area contributed by atoms with Gasteiger partial charge in [0, 0.05) is 30.4 Å². The number of benzene rings is 2. The minimum Gasteiger partial charge on any atom is -0.550 e. The Bertz CT molecular complexity index is 835. The van der Waals surface area contributed by atoms with Crippen molar-refractivity contribution in [3.05, 3.63) is 71.3 Å². The van der Waals surface area contributed by atoms with E-state index in [2.05, 4.69) is 17.4 Å². The topological polar surface area (TPSA) is 119 Å². The molecule has 2 rings (SSSR count). The fraction of sp³-hybridized carbons (Fsp3) is 0.400. The van der Waals surface area contributed by atoms with E-state index in [0.717, 1.165) is 44.1 Å². The van der Waals surface area contributed by atoms with Gasteiger partial charge in [0.2, 0.25) is 5.91 Å². The second-order valence-electron chi connectivity index (χ2n) is 7.89. The zero-order valence-electron chi connectivity index (χ0n) is 17.9. The lowest BCUT2D eigenvalue weighted by Gasteiger charge is -2.19. The molecule has 0 fully saturated rings. The highest BCUT2D eigenvalue weighted by Gasteiger charge is 2.12. The summed E-state index contributed by atoms with van der Waals surface area (Å²) >= 11 is 0. The van der Waals surface area contributed by atoms with Crippen molar-refractivity contribution < 1.29 is 14.7 Å². The molecule has 1 unspecified atom stereocenters. The highest BCUT2D eigenvalue weighted by Crippen LogP contribution is 2.11. The largest absolute Gasteiger partial charge is 0.550 e. The molecule has 1 amide bonds. The first-order valence-electron chi connectivity index (χ1n) is 10.9. The molecular weight excluding hydrogens is 390 g/mol. The number of hydrogen-bond acceptors (Lipinski definition) is 4. The van der Waals surface area contributed by atoms with E-state index in [1.807, 2.05) is 42.5 Å². The molecule has 0 aromatic heterocycles. The van der Waals surface area contributed by atoms with Crippen LogP contribution in [0.5, 0.6) is 0 Å². The average Bonchev–Trinajstić information content (AvgIpc) is 2.75. The van der Waals surface area contributed by atoms with E-state index in [9.17, 15) is 14.7 Å². The second-order valence-corrected chi connectivity index (χ2v) is 7.89. The van der Waals surface area contributed by atoms with Gasteiger partial charge in [-0.05, 0) is 49.7 Å². The van der Waals surface area contributed by atoms with Crippen LogP contribution in [0, 0.1) is 5.41 Å². The first kappa shape index (κ1) is 24.1. The van der Waals surface area contributed by atoms with E-state index in [-0.39, 0.29) is 24.2 Å². The number of aliphatic carboxylic acids is 1. The molecule has 31 heavy (non-hydrogen) atoms. The molecule has 0 spiro atoms. The van der Waals surface area contributed by atoms with Gasteiger partial charge in [0.1, 0.15) is 5.84 Å². The second kappa shape index (κ2) is 13.2. The summed E-state index contributed by atoms with van der Waals surface area (Å²) in [6, 6.07) is 17.3. The molecule has 4 N–H and O–H groups in total. The lowest BCUT2D eigenvalue weighted by Crippen LogP contribution is -2.39. The molecule has 0 saturated carbocycles. The van der Waals surface area contributed by atoms with Gasteiger partial charge < -0.3 is 21.0 Å². The summed E-state index contributed by atoms with van der Waals surface area (Å²) in [6.07, 6.45) is 6.03. The monoisotopic (exact) mass is 422 g/mol. The number of amidine groups is 1. The maximum Gasteiger partial charge on any atom is 0.220 e. The lowest BCUT2D eigenvalue weighted by atomic mass is 10.0. The van der Waals surface area contributed by atoms with Crippen molar-refractivity contribution in [1.82, 2.24) is 5.32 Å². The van der Waals surface area contributed by atoms with Crippen LogP contribution in [0.15, 0.2) is 54.6 Å². The number of amides is 1. The van der Waals surface area contributed by atoms with Gasteiger partial charge in [0.25, 0.3) is 0 Å². The Balaban J connectivity index is 1.66. The van der Waals surface area contributed by atoms with E-state index in [4.69, 9.17) is 11.1 Å². The number of nitrogens with one attached hydrogen (secondary N) is 2. The van der Waals surface area contributed by atoms with E-state index in [1.54, 1.807) is 0 Å². The van der Waals surface area contributed by atoms with Crippen LogP contribution in [-0.4, -0.2) is 23.8 Å². The molecule has 2 aromatic carbocycles. The molecule has 0 aliphatic rings. The molecule has 0 aliphatic carbocycles. The van der Waals surface area contributed by atoms with Crippen LogP contribution >= 0.6 is 0 Å². The highest BCUT2D eigenvalue weighted by molar-refractivity contribution is 5.94. The fourth-order valence-electron chi connectivity index (χ4n) is 3.56. The third-order valence-electron chi connectivity index (χ3n) is 5.27. The van der Waals surface area contributed by atoms with Gasteiger partial charge in [0.15, 0.2) is 0 Å². The maximum absolute atomic E-state index is 12.3. The summed E-state index contributed by atoms with van der Waals surface area (Å²) < 4.78 is 0. The van der Waals surface area contributed by atoms with Crippen molar-refractivity contribution in [3.63, 3.8) is 0 Å². The summed E-state index contributed by atoms with van der Waals surface area (Å²) in [5.74, 6) is -1.20. The Morgan fingerprint density at radius 3 is 2.13 bits per heavy atom. The number of aryl methyl sites for hydroxylation is 2. The van der Waals surface area contributed by atoms with Crippen LogP contribution in [0.4, 0.5) is 0 Å². The number of carboxylic acids is 1. The van der Waals surface area contributed by atoms with Crippen molar-refractivity contribution in [1.29, 1.82) is 5.41 Å². The predicted molar refractivity (Wildman–Crippen MR) is 121 cm³/mol. The van der Waals surface area contributed by atoms with Crippen LogP contribution in [-0.2, 0) is 22.4 Å². The zero-order chi connectivity index (χ0) is 22.5. The van der Waals surface area contributed by atoms with E-state index in [1.165, 1.54) is 5.56 Å². The van der Waals surface area contributed by atoms with Gasteiger partial charge in [0.05, 0.1) is 0 Å². The summed E-state index contributed by atoms with van der Waals surface area (Å²) in [4.78, 5) is 23.3. The summed E-state index contributed by atoms with van der Waals surface area (Å²) in [5, 5.41) is 21.3. The van der Waals surface area contributed by atoms with Crippen LogP contribution < -0.4 is 16.2 Å². The van der Waals surface area contributed by atoms with Gasteiger partial charge in [-0.3, -0.25) is 10.2 Å². The fourth-order valence-corrected chi connectivity index (χ4v) is 3.56. The smallest absolute Gasteiger partial charge is 0.220 e. The Labute approximate surface area is 184 Å². The highest BCUT2D eigenvalue weighted by atomic mass is 16.4. The predicted octanol–water partition coefficient (Wildman–Crippen LogP) is 2.72. The normalized spacial score (nSPS) is 11.6. The summed E-state index contributed by atoms with van der Waals surface area (Å²) in [6.45, 7) is 0. The van der Waals surface area contributed by atoms with Gasteiger partial charge in [-0.2, -0.15) is 0 Å².